The van der Waals surface area contributed by atoms with Crippen LogP contribution in [0, 0.1) is 0 Å². The van der Waals surface area contributed by atoms with Gasteiger partial charge in [0.1, 0.15) is 0 Å². The molecule has 0 spiro atoms. The normalized spacial score (nSPS) is 14.3. The summed E-state index contributed by atoms with van der Waals surface area (Å²) in [4.78, 5) is 22.0. The summed E-state index contributed by atoms with van der Waals surface area (Å²) in [5.74, 6) is -1.63. The lowest BCUT2D eigenvalue weighted by molar-refractivity contribution is -0.128. The van der Waals surface area contributed by atoms with Crippen molar-refractivity contribution in [1.82, 2.24) is 0 Å². The van der Waals surface area contributed by atoms with Crippen LogP contribution in [-0.2, 0) is 4.79 Å². The predicted molar refractivity (Wildman–Crippen MR) is 46.4 cm³/mol. The van der Waals surface area contributed by atoms with Crippen LogP contribution in [0.3, 0.4) is 0 Å². The molecule has 66 valence electrons. The first-order valence-electron chi connectivity index (χ1n) is 3.36. The van der Waals surface area contributed by atoms with Crippen molar-refractivity contribution in [3.05, 3.63) is 27.7 Å². The van der Waals surface area contributed by atoms with Gasteiger partial charge in [0, 0.05) is 0 Å². The molecule has 0 aromatic heterocycles. The second-order valence-electron chi connectivity index (χ2n) is 2.45. The number of hydrogen-bond acceptors (Lipinski definition) is 3. The third kappa shape index (κ3) is 1.12. The van der Waals surface area contributed by atoms with Crippen molar-refractivity contribution in [1.29, 1.82) is 0 Å². The molecule has 0 fully saturated rings. The monoisotopic (exact) mass is 216 g/mol. The van der Waals surface area contributed by atoms with Crippen molar-refractivity contribution in [2.75, 3.05) is 0 Å². The van der Waals surface area contributed by atoms with Crippen LogP contribution in [0.2, 0.25) is 10.0 Å². The number of Topliss-reactive ketones (excluding diaryl/α,β-unsaturated/α-hetero) is 1. The van der Waals surface area contributed by atoms with Crippen LogP contribution in [0.25, 0.3) is 0 Å². The Morgan fingerprint density at radius 3 is 2.31 bits per heavy atom. The van der Waals surface area contributed by atoms with Crippen molar-refractivity contribution < 1.29 is 14.3 Å². The number of carbonyl (C=O) groups excluding carboxylic acids is 2. The van der Waals surface area contributed by atoms with Crippen molar-refractivity contribution in [3.63, 3.8) is 0 Å². The standard InChI is InChI=1S/C8H2Cl2O3/c9-3-1-2-4(10)7-5(3)6(11)8(12)13-7/h1-2H. The average molecular weight is 217 g/mol. The van der Waals surface area contributed by atoms with E-state index in [1.807, 2.05) is 0 Å². The molecule has 0 saturated heterocycles. The van der Waals surface area contributed by atoms with Crippen LogP contribution >= 0.6 is 23.2 Å². The molecule has 0 radical (unpaired) electrons. The minimum atomic E-state index is -0.940. The molecule has 3 nitrogen and oxygen atoms in total. The Morgan fingerprint density at radius 2 is 1.69 bits per heavy atom. The van der Waals surface area contributed by atoms with E-state index in [0.717, 1.165) is 0 Å². The number of hydrogen-bond donors (Lipinski definition) is 0. The number of rotatable bonds is 0. The summed E-state index contributed by atoms with van der Waals surface area (Å²) in [7, 11) is 0. The van der Waals surface area contributed by atoms with E-state index in [2.05, 4.69) is 4.74 Å². The molecule has 1 aromatic rings. The van der Waals surface area contributed by atoms with Gasteiger partial charge in [-0.1, -0.05) is 23.2 Å². The second-order valence-corrected chi connectivity index (χ2v) is 3.27. The lowest BCUT2D eigenvalue weighted by Gasteiger charge is -1.99. The number of ether oxygens (including phenoxy) is 1. The molecule has 1 heterocycles. The highest BCUT2D eigenvalue weighted by molar-refractivity contribution is 6.50. The highest BCUT2D eigenvalue weighted by Gasteiger charge is 2.34. The fourth-order valence-electron chi connectivity index (χ4n) is 1.09. The summed E-state index contributed by atoms with van der Waals surface area (Å²) in [6, 6.07) is 2.91. The second kappa shape index (κ2) is 2.72. The molecule has 5 heteroatoms. The third-order valence-corrected chi connectivity index (χ3v) is 2.28. The van der Waals surface area contributed by atoms with Gasteiger partial charge in [0.05, 0.1) is 15.6 Å². The number of fused-ring (bicyclic) bond motifs is 1. The molecule has 0 bridgehead atoms. The van der Waals surface area contributed by atoms with Crippen LogP contribution in [0.1, 0.15) is 10.4 Å². The van der Waals surface area contributed by atoms with Gasteiger partial charge in [0.2, 0.25) is 0 Å². The predicted octanol–water partition coefficient (Wildman–Crippen LogP) is 2.10. The molecule has 0 amide bonds. The van der Waals surface area contributed by atoms with Crippen LogP contribution in [0.15, 0.2) is 12.1 Å². The average Bonchev–Trinajstić information content (AvgIpc) is 2.38. The Balaban J connectivity index is 2.75. The van der Waals surface area contributed by atoms with Gasteiger partial charge in [-0.3, -0.25) is 4.79 Å². The molecule has 1 aliphatic heterocycles. The summed E-state index contributed by atoms with van der Waals surface area (Å²) in [6.45, 7) is 0. The van der Waals surface area contributed by atoms with Crippen LogP contribution in [-0.4, -0.2) is 11.8 Å². The van der Waals surface area contributed by atoms with Gasteiger partial charge in [-0.05, 0) is 12.1 Å². The Bertz CT molecular complexity index is 426. The molecular formula is C8H2Cl2O3. The van der Waals surface area contributed by atoms with E-state index >= 15 is 0 Å². The Morgan fingerprint density at radius 1 is 1.08 bits per heavy atom. The fourth-order valence-corrected chi connectivity index (χ4v) is 1.52. The molecule has 0 atom stereocenters. The quantitative estimate of drug-likeness (QED) is 0.379. The van der Waals surface area contributed by atoms with Crippen molar-refractivity contribution in [2.45, 2.75) is 0 Å². The number of esters is 1. The summed E-state index contributed by atoms with van der Waals surface area (Å²) in [6.07, 6.45) is 0. The van der Waals surface area contributed by atoms with E-state index in [1.165, 1.54) is 12.1 Å². The molecule has 1 aliphatic rings. The van der Waals surface area contributed by atoms with E-state index in [1.54, 1.807) is 0 Å². The largest absolute Gasteiger partial charge is 0.418 e. The zero-order chi connectivity index (χ0) is 9.59. The zero-order valence-electron chi connectivity index (χ0n) is 6.14. The summed E-state index contributed by atoms with van der Waals surface area (Å²) in [5.41, 5.74) is 0.0548. The molecular weight excluding hydrogens is 215 g/mol. The Hall–Kier alpha value is -1.06. The van der Waals surface area contributed by atoms with Crippen LogP contribution in [0.5, 0.6) is 5.75 Å². The minimum Gasteiger partial charge on any atom is -0.418 e. The SMILES string of the molecule is O=C1Oc2c(Cl)ccc(Cl)c2C1=O. The lowest BCUT2D eigenvalue weighted by atomic mass is 10.1. The number of carbonyl (C=O) groups is 2. The summed E-state index contributed by atoms with van der Waals surface area (Å²) >= 11 is 11.4. The number of benzene rings is 1. The highest BCUT2D eigenvalue weighted by Crippen LogP contribution is 2.38. The van der Waals surface area contributed by atoms with E-state index in [9.17, 15) is 9.59 Å². The summed E-state index contributed by atoms with van der Waals surface area (Å²) in [5, 5.41) is 0.383. The van der Waals surface area contributed by atoms with Crippen molar-refractivity contribution >= 4 is 35.0 Å². The van der Waals surface area contributed by atoms with Crippen molar-refractivity contribution in [3.8, 4) is 5.75 Å². The maximum absolute atomic E-state index is 11.2. The van der Waals surface area contributed by atoms with E-state index < -0.39 is 11.8 Å². The topological polar surface area (TPSA) is 43.4 Å². The van der Waals surface area contributed by atoms with E-state index in [4.69, 9.17) is 23.2 Å². The molecule has 0 unspecified atom stereocenters. The molecule has 0 saturated carbocycles. The van der Waals surface area contributed by atoms with Gasteiger partial charge < -0.3 is 4.74 Å². The maximum atomic E-state index is 11.2. The van der Waals surface area contributed by atoms with Gasteiger partial charge >= 0.3 is 5.97 Å². The molecule has 13 heavy (non-hydrogen) atoms. The van der Waals surface area contributed by atoms with Crippen LogP contribution < -0.4 is 4.74 Å². The number of halogens is 2. The molecule has 2 rings (SSSR count). The fraction of sp³-hybridized carbons (Fsp3) is 0. The maximum Gasteiger partial charge on any atom is 0.385 e. The highest BCUT2D eigenvalue weighted by atomic mass is 35.5. The van der Waals surface area contributed by atoms with Gasteiger partial charge in [0.15, 0.2) is 5.75 Å². The van der Waals surface area contributed by atoms with Gasteiger partial charge in [-0.25, -0.2) is 4.79 Å². The first-order valence-corrected chi connectivity index (χ1v) is 4.11. The van der Waals surface area contributed by atoms with E-state index in [-0.39, 0.29) is 21.4 Å². The molecule has 1 aromatic carbocycles. The van der Waals surface area contributed by atoms with Gasteiger partial charge in [-0.2, -0.15) is 0 Å². The minimum absolute atomic E-state index is 0.0548. The first-order chi connectivity index (χ1) is 6.11. The smallest absolute Gasteiger partial charge is 0.385 e. The number of ketones is 1. The van der Waals surface area contributed by atoms with Gasteiger partial charge in [-0.15, -0.1) is 0 Å². The Kier molecular flexibility index (Phi) is 1.78. The summed E-state index contributed by atoms with van der Waals surface area (Å²) < 4.78 is 4.63. The van der Waals surface area contributed by atoms with Crippen LogP contribution in [0.4, 0.5) is 0 Å². The molecule has 0 aliphatic carbocycles. The van der Waals surface area contributed by atoms with E-state index in [0.29, 0.717) is 0 Å². The van der Waals surface area contributed by atoms with Crippen molar-refractivity contribution in [2.24, 2.45) is 0 Å². The molecule has 0 N–H and O–H groups in total. The lowest BCUT2D eigenvalue weighted by Crippen LogP contribution is -2.10. The third-order valence-electron chi connectivity index (χ3n) is 1.67. The van der Waals surface area contributed by atoms with Gasteiger partial charge in [0.25, 0.3) is 5.78 Å². The Labute approximate surface area is 83.2 Å². The zero-order valence-corrected chi connectivity index (χ0v) is 7.65. The first kappa shape index (κ1) is 8.53.